The molecular weight excluding hydrogens is 252 g/mol. The van der Waals surface area contributed by atoms with Gasteiger partial charge in [0.25, 0.3) is 0 Å². The van der Waals surface area contributed by atoms with Crippen molar-refractivity contribution in [2.45, 2.75) is 45.2 Å². The van der Waals surface area contributed by atoms with E-state index in [2.05, 4.69) is 0 Å². The Morgan fingerprint density at radius 2 is 2.00 bits per heavy atom. The third-order valence-corrected chi connectivity index (χ3v) is 2.97. The molecule has 1 saturated heterocycles. The maximum Gasteiger partial charge on any atom is 0.303 e. The Bertz CT molecular complexity index is 270. The van der Waals surface area contributed by atoms with Crippen LogP contribution in [0.15, 0.2) is 0 Å². The molecule has 4 unspecified atom stereocenters. The molecule has 6 nitrogen and oxygen atoms in total. The van der Waals surface area contributed by atoms with E-state index in [1.54, 1.807) is 7.11 Å². The molecule has 19 heavy (non-hydrogen) atoms. The third-order valence-electron chi connectivity index (χ3n) is 2.97. The van der Waals surface area contributed by atoms with E-state index in [9.17, 15) is 4.79 Å². The Morgan fingerprint density at radius 3 is 2.53 bits per heavy atom. The van der Waals surface area contributed by atoms with Gasteiger partial charge >= 0.3 is 5.97 Å². The van der Waals surface area contributed by atoms with Crippen LogP contribution in [0.4, 0.5) is 0 Å². The van der Waals surface area contributed by atoms with Gasteiger partial charge < -0.3 is 23.7 Å². The van der Waals surface area contributed by atoms with Gasteiger partial charge in [-0.25, -0.2) is 0 Å². The lowest BCUT2D eigenvalue weighted by atomic mass is 9.99. The summed E-state index contributed by atoms with van der Waals surface area (Å²) in [6, 6.07) is 0. The van der Waals surface area contributed by atoms with Crippen LogP contribution >= 0.6 is 0 Å². The van der Waals surface area contributed by atoms with Crippen molar-refractivity contribution in [2.24, 2.45) is 0 Å². The predicted octanol–water partition coefficient (Wildman–Crippen LogP) is 0.773. The molecule has 0 aromatic carbocycles. The summed E-state index contributed by atoms with van der Waals surface area (Å²) >= 11 is 0. The van der Waals surface area contributed by atoms with Crippen LogP contribution < -0.4 is 0 Å². The second-order valence-corrected chi connectivity index (χ2v) is 4.30. The molecule has 0 aromatic heterocycles. The van der Waals surface area contributed by atoms with E-state index in [1.807, 2.05) is 13.8 Å². The zero-order chi connectivity index (χ0) is 14.3. The van der Waals surface area contributed by atoms with Gasteiger partial charge in [0.05, 0.1) is 13.2 Å². The average molecular weight is 276 g/mol. The van der Waals surface area contributed by atoms with Crippen LogP contribution in [0.1, 0.15) is 20.8 Å². The number of methoxy groups -OCH3 is 1. The van der Waals surface area contributed by atoms with Gasteiger partial charge in [-0.15, -0.1) is 0 Å². The lowest BCUT2D eigenvalue weighted by Gasteiger charge is -2.40. The van der Waals surface area contributed by atoms with E-state index in [0.717, 1.165) is 0 Å². The molecule has 112 valence electrons. The molecule has 0 aromatic rings. The number of carbonyl (C=O) groups excluding carboxylic acids is 1. The molecule has 0 amide bonds. The van der Waals surface area contributed by atoms with Crippen LogP contribution in [0.5, 0.6) is 0 Å². The number of carbonyl (C=O) groups is 1. The third kappa shape index (κ3) is 4.72. The fourth-order valence-electron chi connectivity index (χ4n) is 2.19. The summed E-state index contributed by atoms with van der Waals surface area (Å²) in [7, 11) is 1.58. The number of esters is 1. The molecule has 4 atom stereocenters. The molecule has 1 fully saturated rings. The molecular formula is C13H24O6. The smallest absolute Gasteiger partial charge is 0.303 e. The second-order valence-electron chi connectivity index (χ2n) is 4.30. The van der Waals surface area contributed by atoms with E-state index in [4.69, 9.17) is 23.7 Å². The van der Waals surface area contributed by atoms with Crippen LogP contribution in [-0.2, 0) is 28.5 Å². The first-order valence-electron chi connectivity index (χ1n) is 6.64. The SMILES string of the molecule is CCOCC1OCC(OCC)C(OC)C1OC(C)=O. The van der Waals surface area contributed by atoms with Crippen LogP contribution in [0.25, 0.3) is 0 Å². The van der Waals surface area contributed by atoms with Crippen LogP contribution in [0, 0.1) is 0 Å². The van der Waals surface area contributed by atoms with E-state index >= 15 is 0 Å². The van der Waals surface area contributed by atoms with Crippen LogP contribution in [0.3, 0.4) is 0 Å². The van der Waals surface area contributed by atoms with E-state index in [0.29, 0.717) is 26.4 Å². The van der Waals surface area contributed by atoms with E-state index in [1.165, 1.54) is 6.92 Å². The summed E-state index contributed by atoms with van der Waals surface area (Å²) < 4.78 is 27.4. The minimum atomic E-state index is -0.514. The topological polar surface area (TPSA) is 63.2 Å². The van der Waals surface area contributed by atoms with Crippen LogP contribution in [0.2, 0.25) is 0 Å². The molecule has 1 rings (SSSR count). The lowest BCUT2D eigenvalue weighted by Crippen LogP contribution is -2.57. The van der Waals surface area contributed by atoms with Gasteiger partial charge in [0.2, 0.25) is 0 Å². The predicted molar refractivity (Wildman–Crippen MR) is 68.0 cm³/mol. The van der Waals surface area contributed by atoms with E-state index < -0.39 is 6.10 Å². The van der Waals surface area contributed by atoms with Crippen LogP contribution in [-0.4, -0.2) is 63.9 Å². The molecule has 0 spiro atoms. The zero-order valence-electron chi connectivity index (χ0n) is 12.1. The molecule has 0 radical (unpaired) electrons. The highest BCUT2D eigenvalue weighted by molar-refractivity contribution is 5.66. The molecule has 0 N–H and O–H groups in total. The summed E-state index contributed by atoms with van der Waals surface area (Å²) in [5.74, 6) is -0.366. The Morgan fingerprint density at radius 1 is 1.26 bits per heavy atom. The molecule has 6 heteroatoms. The van der Waals surface area contributed by atoms with Crippen molar-refractivity contribution in [3.63, 3.8) is 0 Å². The zero-order valence-corrected chi connectivity index (χ0v) is 12.1. The van der Waals surface area contributed by atoms with Gasteiger partial charge in [-0.1, -0.05) is 0 Å². The van der Waals surface area contributed by atoms with Gasteiger partial charge in [0, 0.05) is 27.2 Å². The van der Waals surface area contributed by atoms with Crippen molar-refractivity contribution in [3.05, 3.63) is 0 Å². The van der Waals surface area contributed by atoms with Crippen molar-refractivity contribution < 1.29 is 28.5 Å². The maximum atomic E-state index is 11.2. The molecule has 1 heterocycles. The number of rotatable bonds is 7. The largest absolute Gasteiger partial charge is 0.457 e. The molecule has 1 aliphatic rings. The van der Waals surface area contributed by atoms with Crippen molar-refractivity contribution in [1.29, 1.82) is 0 Å². The van der Waals surface area contributed by atoms with Gasteiger partial charge in [0.15, 0.2) is 6.10 Å². The Balaban J connectivity index is 2.75. The van der Waals surface area contributed by atoms with Gasteiger partial charge in [-0.3, -0.25) is 4.79 Å². The fraction of sp³-hybridized carbons (Fsp3) is 0.923. The Labute approximate surface area is 114 Å². The number of ether oxygens (including phenoxy) is 5. The molecule has 0 bridgehead atoms. The summed E-state index contributed by atoms with van der Waals surface area (Å²) in [5.41, 5.74) is 0. The number of hydrogen-bond acceptors (Lipinski definition) is 6. The maximum absolute atomic E-state index is 11.2. The highest BCUT2D eigenvalue weighted by Crippen LogP contribution is 2.23. The molecule has 0 aliphatic carbocycles. The minimum Gasteiger partial charge on any atom is -0.457 e. The normalized spacial score (nSPS) is 31.2. The first-order chi connectivity index (χ1) is 9.13. The number of hydrogen-bond donors (Lipinski definition) is 0. The standard InChI is InChI=1S/C13H24O6/c1-5-16-7-10-13(19-9(3)14)12(15-4)11(8-18-10)17-6-2/h10-13H,5-8H2,1-4H3. The highest BCUT2D eigenvalue weighted by Gasteiger charge is 2.43. The van der Waals surface area contributed by atoms with Crippen molar-refractivity contribution in [2.75, 3.05) is 33.5 Å². The first kappa shape index (κ1) is 16.4. The lowest BCUT2D eigenvalue weighted by molar-refractivity contribution is -0.229. The highest BCUT2D eigenvalue weighted by atomic mass is 16.6. The molecule has 0 saturated carbocycles. The molecule has 1 aliphatic heterocycles. The monoisotopic (exact) mass is 276 g/mol. The summed E-state index contributed by atoms with van der Waals surface area (Å²) in [6.45, 7) is 7.08. The Kier molecular flexibility index (Phi) is 7.30. The summed E-state index contributed by atoms with van der Waals surface area (Å²) in [6.07, 6.45) is -1.43. The van der Waals surface area contributed by atoms with Crippen molar-refractivity contribution in [1.82, 2.24) is 0 Å². The fourth-order valence-corrected chi connectivity index (χ4v) is 2.19. The quantitative estimate of drug-likeness (QED) is 0.640. The van der Waals surface area contributed by atoms with Gasteiger partial charge in [-0.2, -0.15) is 0 Å². The summed E-state index contributed by atoms with van der Waals surface area (Å²) in [4.78, 5) is 11.2. The van der Waals surface area contributed by atoms with Crippen molar-refractivity contribution in [3.8, 4) is 0 Å². The van der Waals surface area contributed by atoms with Gasteiger partial charge in [-0.05, 0) is 13.8 Å². The first-order valence-corrected chi connectivity index (χ1v) is 6.64. The summed E-state index contributed by atoms with van der Waals surface area (Å²) in [5, 5.41) is 0. The Hall–Kier alpha value is -0.690. The van der Waals surface area contributed by atoms with E-state index in [-0.39, 0.29) is 24.3 Å². The van der Waals surface area contributed by atoms with Crippen molar-refractivity contribution >= 4 is 5.97 Å². The minimum absolute atomic E-state index is 0.239. The van der Waals surface area contributed by atoms with Gasteiger partial charge in [0.1, 0.15) is 18.3 Å². The second kappa shape index (κ2) is 8.47. The average Bonchev–Trinajstić information content (AvgIpc) is 2.37.